The fourth-order valence-electron chi connectivity index (χ4n) is 3.89. The molecule has 1 saturated heterocycles. The number of carbonyl (C=O) groups excluding carboxylic acids is 1. The molecule has 3 aromatic rings. The second kappa shape index (κ2) is 8.25. The van der Waals surface area contributed by atoms with Gasteiger partial charge in [-0.25, -0.2) is 0 Å². The van der Waals surface area contributed by atoms with Crippen molar-refractivity contribution in [2.75, 3.05) is 13.1 Å². The highest BCUT2D eigenvalue weighted by Gasteiger charge is 2.26. The van der Waals surface area contributed by atoms with Gasteiger partial charge in [0.05, 0.1) is 6.20 Å². The van der Waals surface area contributed by atoms with Gasteiger partial charge in [-0.05, 0) is 24.5 Å². The van der Waals surface area contributed by atoms with Crippen LogP contribution in [0, 0.1) is 0 Å². The summed E-state index contributed by atoms with van der Waals surface area (Å²) in [4.78, 5) is 26.2. The molecule has 0 saturated carbocycles. The highest BCUT2D eigenvalue weighted by Crippen LogP contribution is 2.33. The lowest BCUT2D eigenvalue weighted by Gasteiger charge is -2.32. The van der Waals surface area contributed by atoms with E-state index in [0.29, 0.717) is 18.9 Å². The number of aromatic amines is 1. The average Bonchev–Trinajstić information content (AvgIpc) is 3.24. The first-order valence-electron chi connectivity index (χ1n) is 9.74. The number of carbonyl (C=O) groups is 1. The summed E-state index contributed by atoms with van der Waals surface area (Å²) >= 11 is 0. The van der Waals surface area contributed by atoms with Crippen molar-refractivity contribution in [1.29, 1.82) is 0 Å². The molecular weight excluding hydrogens is 352 g/mol. The number of H-pyrrole nitrogens is 1. The first kappa shape index (κ1) is 18.2. The number of aryl methyl sites for hydroxylation is 1. The lowest BCUT2D eigenvalue weighted by Crippen LogP contribution is -2.38. The monoisotopic (exact) mass is 376 g/mol. The minimum atomic E-state index is -0.0679. The number of benzene rings is 1. The molecule has 1 N–H and O–H groups in total. The smallest absolute Gasteiger partial charge is 0.250 e. The Bertz CT molecular complexity index is 985. The van der Waals surface area contributed by atoms with Gasteiger partial charge in [-0.3, -0.25) is 14.7 Å². The SMILES string of the molecule is O=C(CCn1ccccc1=O)N1CCC(c2[nH]ncc2-c2ccccc2)CC1. The third-order valence-electron chi connectivity index (χ3n) is 5.48. The highest BCUT2D eigenvalue weighted by atomic mass is 16.2. The van der Waals surface area contributed by atoms with Gasteiger partial charge in [0.1, 0.15) is 0 Å². The van der Waals surface area contributed by atoms with Crippen molar-refractivity contribution in [3.05, 3.63) is 77.0 Å². The third-order valence-corrected chi connectivity index (χ3v) is 5.48. The van der Waals surface area contributed by atoms with E-state index in [1.54, 1.807) is 16.8 Å². The lowest BCUT2D eigenvalue weighted by molar-refractivity contribution is -0.132. The van der Waals surface area contributed by atoms with Crippen molar-refractivity contribution >= 4 is 5.91 Å². The van der Waals surface area contributed by atoms with Crippen LogP contribution >= 0.6 is 0 Å². The quantitative estimate of drug-likeness (QED) is 0.744. The van der Waals surface area contributed by atoms with Crippen LogP contribution < -0.4 is 5.56 Å². The van der Waals surface area contributed by atoms with Crippen molar-refractivity contribution in [3.63, 3.8) is 0 Å². The van der Waals surface area contributed by atoms with Gasteiger partial charge in [-0.15, -0.1) is 0 Å². The molecule has 3 heterocycles. The Balaban J connectivity index is 1.35. The van der Waals surface area contributed by atoms with Gasteiger partial charge in [-0.2, -0.15) is 5.10 Å². The van der Waals surface area contributed by atoms with E-state index in [4.69, 9.17) is 0 Å². The Kier molecular flexibility index (Phi) is 5.37. The van der Waals surface area contributed by atoms with Gasteiger partial charge in [0.15, 0.2) is 0 Å². The maximum atomic E-state index is 12.6. The Morgan fingerprint density at radius 2 is 1.82 bits per heavy atom. The zero-order valence-corrected chi connectivity index (χ0v) is 15.8. The van der Waals surface area contributed by atoms with Crippen molar-refractivity contribution in [3.8, 4) is 11.1 Å². The molecule has 1 aliphatic rings. The molecule has 1 aliphatic heterocycles. The molecule has 28 heavy (non-hydrogen) atoms. The van der Waals surface area contributed by atoms with E-state index in [-0.39, 0.29) is 11.5 Å². The zero-order valence-electron chi connectivity index (χ0n) is 15.8. The van der Waals surface area contributed by atoms with Gasteiger partial charge in [0.2, 0.25) is 5.91 Å². The number of nitrogens with one attached hydrogen (secondary N) is 1. The number of rotatable bonds is 5. The van der Waals surface area contributed by atoms with E-state index in [0.717, 1.165) is 42.8 Å². The molecular formula is C22H24N4O2. The molecule has 6 heteroatoms. The Morgan fingerprint density at radius 1 is 1.07 bits per heavy atom. The summed E-state index contributed by atoms with van der Waals surface area (Å²) in [6, 6.07) is 15.3. The number of nitrogens with zero attached hydrogens (tertiary/aromatic N) is 3. The zero-order chi connectivity index (χ0) is 19.3. The first-order valence-corrected chi connectivity index (χ1v) is 9.74. The highest BCUT2D eigenvalue weighted by molar-refractivity contribution is 5.76. The molecule has 1 amide bonds. The number of piperidine rings is 1. The summed E-state index contributed by atoms with van der Waals surface area (Å²) in [5, 5.41) is 7.44. The standard InChI is InChI=1S/C22H24N4O2/c27-20-8-4-5-12-25(20)15-11-21(28)26-13-9-18(10-14-26)22-19(16-23-24-22)17-6-2-1-3-7-17/h1-8,12,16,18H,9-11,13-15H2,(H,23,24). The fraction of sp³-hybridized carbons (Fsp3) is 0.318. The summed E-state index contributed by atoms with van der Waals surface area (Å²) in [6.07, 6.45) is 5.80. The summed E-state index contributed by atoms with van der Waals surface area (Å²) in [7, 11) is 0. The van der Waals surface area contributed by atoms with Crippen LogP contribution in [0.15, 0.2) is 65.7 Å². The normalized spacial score (nSPS) is 14.9. The molecule has 2 aromatic heterocycles. The van der Waals surface area contributed by atoms with Crippen LogP contribution in [0.2, 0.25) is 0 Å². The molecule has 6 nitrogen and oxygen atoms in total. The van der Waals surface area contributed by atoms with Crippen LogP contribution in [0.1, 0.15) is 30.9 Å². The minimum absolute atomic E-state index is 0.0679. The Morgan fingerprint density at radius 3 is 2.57 bits per heavy atom. The predicted octanol–water partition coefficient (Wildman–Crippen LogP) is 3.03. The van der Waals surface area contributed by atoms with Gasteiger partial charge < -0.3 is 9.47 Å². The van der Waals surface area contributed by atoms with E-state index in [1.165, 1.54) is 6.07 Å². The van der Waals surface area contributed by atoms with Gasteiger partial charge in [0.25, 0.3) is 5.56 Å². The van der Waals surface area contributed by atoms with E-state index < -0.39 is 0 Å². The van der Waals surface area contributed by atoms with Crippen LogP contribution in [-0.2, 0) is 11.3 Å². The van der Waals surface area contributed by atoms with Gasteiger partial charge >= 0.3 is 0 Å². The van der Waals surface area contributed by atoms with E-state index in [2.05, 4.69) is 22.3 Å². The van der Waals surface area contributed by atoms with Crippen LogP contribution in [-0.4, -0.2) is 38.7 Å². The van der Waals surface area contributed by atoms with Crippen molar-refractivity contribution in [2.24, 2.45) is 0 Å². The summed E-state index contributed by atoms with van der Waals surface area (Å²) in [5.74, 6) is 0.487. The van der Waals surface area contributed by atoms with Crippen LogP contribution in [0.3, 0.4) is 0 Å². The lowest BCUT2D eigenvalue weighted by atomic mass is 9.89. The number of hydrogen-bond donors (Lipinski definition) is 1. The Hall–Kier alpha value is -3.15. The Labute approximate surface area is 163 Å². The minimum Gasteiger partial charge on any atom is -0.343 e. The molecule has 4 rings (SSSR count). The van der Waals surface area contributed by atoms with Gasteiger partial charge in [0, 0.05) is 55.5 Å². The van der Waals surface area contributed by atoms with E-state index >= 15 is 0 Å². The number of aromatic nitrogens is 3. The first-order chi connectivity index (χ1) is 13.7. The number of likely N-dealkylation sites (tertiary alicyclic amines) is 1. The largest absolute Gasteiger partial charge is 0.343 e. The second-order valence-corrected chi connectivity index (χ2v) is 7.20. The second-order valence-electron chi connectivity index (χ2n) is 7.20. The molecule has 144 valence electrons. The molecule has 0 radical (unpaired) electrons. The number of amides is 1. The van der Waals surface area contributed by atoms with Crippen molar-refractivity contribution < 1.29 is 4.79 Å². The number of hydrogen-bond acceptors (Lipinski definition) is 3. The topological polar surface area (TPSA) is 71.0 Å². The molecule has 1 fully saturated rings. The molecule has 0 atom stereocenters. The molecule has 0 aliphatic carbocycles. The molecule has 0 bridgehead atoms. The summed E-state index contributed by atoms with van der Waals surface area (Å²) in [5.41, 5.74) is 3.41. The van der Waals surface area contributed by atoms with Crippen molar-refractivity contribution in [1.82, 2.24) is 19.7 Å². The summed E-state index contributed by atoms with van der Waals surface area (Å²) in [6.45, 7) is 1.90. The van der Waals surface area contributed by atoms with Gasteiger partial charge in [-0.1, -0.05) is 36.4 Å². The predicted molar refractivity (Wildman–Crippen MR) is 108 cm³/mol. The third kappa shape index (κ3) is 3.91. The van der Waals surface area contributed by atoms with Crippen LogP contribution in [0.25, 0.3) is 11.1 Å². The maximum Gasteiger partial charge on any atom is 0.250 e. The van der Waals surface area contributed by atoms with E-state index in [9.17, 15) is 9.59 Å². The van der Waals surface area contributed by atoms with Crippen LogP contribution in [0.5, 0.6) is 0 Å². The van der Waals surface area contributed by atoms with E-state index in [1.807, 2.05) is 35.4 Å². The molecule has 1 aromatic carbocycles. The summed E-state index contributed by atoms with van der Waals surface area (Å²) < 4.78 is 1.58. The maximum absolute atomic E-state index is 12.6. The number of pyridine rings is 1. The average molecular weight is 376 g/mol. The van der Waals surface area contributed by atoms with Crippen molar-refractivity contribution in [2.45, 2.75) is 31.7 Å². The fourth-order valence-corrected chi connectivity index (χ4v) is 3.89. The molecule has 0 unspecified atom stereocenters. The molecule has 0 spiro atoms. The van der Waals surface area contributed by atoms with Crippen LogP contribution in [0.4, 0.5) is 0 Å².